The molecule has 0 atom stereocenters. The minimum Gasteiger partial charge on any atom is -0.480 e. The number of H-pyrrole nitrogens is 1. The number of carboxylic acid groups (broad SMARTS) is 1. The minimum atomic E-state index is -1.33. The minimum absolute atomic E-state index is 0.405. The molecular weight excluding hydrogens is 392 g/mol. The molecule has 3 N–H and O–H groups in total. The van der Waals surface area contributed by atoms with Crippen LogP contribution in [0.15, 0.2) is 27.3 Å². The molecule has 1 amide bonds. The zero-order valence-corrected chi connectivity index (χ0v) is 13.9. The second-order valence-electron chi connectivity index (χ2n) is 4.90. The highest BCUT2D eigenvalue weighted by molar-refractivity contribution is 9.13. The van der Waals surface area contributed by atoms with Gasteiger partial charge in [0.2, 0.25) is 0 Å². The Morgan fingerprint density at radius 1 is 1.25 bits per heavy atom. The van der Waals surface area contributed by atoms with E-state index < -0.39 is 17.4 Å². The fourth-order valence-corrected chi connectivity index (χ4v) is 2.40. The number of amides is 1. The van der Waals surface area contributed by atoms with Gasteiger partial charge in [-0.3, -0.25) is 4.79 Å². The number of carboxylic acids is 1. The van der Waals surface area contributed by atoms with E-state index in [4.69, 9.17) is 5.11 Å². The lowest BCUT2D eigenvalue weighted by Crippen LogP contribution is -2.49. The Kier molecular flexibility index (Phi) is 3.93. The summed E-state index contributed by atoms with van der Waals surface area (Å²) >= 11 is 6.77. The predicted molar refractivity (Wildman–Crippen MR) is 82.9 cm³/mol. The number of aromatic amines is 1. The smallest absolute Gasteiger partial charge is 0.328 e. The molecule has 1 aromatic carbocycles. The van der Waals surface area contributed by atoms with Gasteiger partial charge in [-0.2, -0.15) is 0 Å². The number of aliphatic carboxylic acids is 1. The van der Waals surface area contributed by atoms with Gasteiger partial charge in [0.1, 0.15) is 5.54 Å². The fourth-order valence-electron chi connectivity index (χ4n) is 1.71. The lowest BCUT2D eigenvalue weighted by molar-refractivity contribution is -0.143. The molecule has 0 spiro atoms. The van der Waals surface area contributed by atoms with Crippen LogP contribution >= 0.6 is 31.9 Å². The maximum Gasteiger partial charge on any atom is 0.328 e. The largest absolute Gasteiger partial charge is 0.480 e. The summed E-state index contributed by atoms with van der Waals surface area (Å²) in [6.07, 6.45) is 1.57. The third kappa shape index (κ3) is 2.73. The summed E-state index contributed by atoms with van der Waals surface area (Å²) < 4.78 is 1.68. The van der Waals surface area contributed by atoms with E-state index in [1.807, 2.05) is 6.07 Å². The van der Waals surface area contributed by atoms with E-state index in [1.54, 1.807) is 12.3 Å². The maximum absolute atomic E-state index is 12.2. The van der Waals surface area contributed by atoms with E-state index in [1.165, 1.54) is 13.8 Å². The number of fused-ring (bicyclic) bond motifs is 1. The Labute approximate surface area is 132 Å². The number of nitrogens with one attached hydrogen (secondary N) is 2. The summed E-state index contributed by atoms with van der Waals surface area (Å²) in [5, 5.41) is 12.3. The van der Waals surface area contributed by atoms with Crippen molar-refractivity contribution in [3.8, 4) is 0 Å². The van der Waals surface area contributed by atoms with Gasteiger partial charge in [-0.05, 0) is 57.8 Å². The summed E-state index contributed by atoms with van der Waals surface area (Å²) in [6.45, 7) is 2.88. The van der Waals surface area contributed by atoms with Crippen molar-refractivity contribution in [2.75, 3.05) is 0 Å². The number of aromatic nitrogens is 1. The SMILES string of the molecule is CC(C)(NC(=O)c1c[nH]c2cc(Br)c(Br)cc12)C(=O)O. The molecule has 5 nitrogen and oxygen atoms in total. The van der Waals surface area contributed by atoms with Crippen LogP contribution in [0.2, 0.25) is 0 Å². The molecule has 106 valence electrons. The second kappa shape index (κ2) is 5.21. The van der Waals surface area contributed by atoms with Crippen molar-refractivity contribution in [2.45, 2.75) is 19.4 Å². The van der Waals surface area contributed by atoms with Gasteiger partial charge in [-0.15, -0.1) is 0 Å². The molecule has 7 heteroatoms. The lowest BCUT2D eigenvalue weighted by Gasteiger charge is -2.20. The van der Waals surface area contributed by atoms with Crippen molar-refractivity contribution in [2.24, 2.45) is 0 Å². The molecule has 0 fully saturated rings. The first-order valence-corrected chi connectivity index (χ1v) is 7.33. The van der Waals surface area contributed by atoms with Crippen molar-refractivity contribution in [3.63, 3.8) is 0 Å². The first-order chi connectivity index (χ1) is 9.22. The van der Waals surface area contributed by atoms with Crippen LogP contribution in [0.5, 0.6) is 0 Å². The van der Waals surface area contributed by atoms with Crippen LogP contribution in [-0.4, -0.2) is 27.5 Å². The zero-order valence-electron chi connectivity index (χ0n) is 10.8. The quantitative estimate of drug-likeness (QED) is 0.735. The van der Waals surface area contributed by atoms with Gasteiger partial charge >= 0.3 is 5.97 Å². The number of hydrogen-bond donors (Lipinski definition) is 3. The Bertz CT molecular complexity index is 707. The fraction of sp³-hybridized carbons (Fsp3) is 0.231. The van der Waals surface area contributed by atoms with Crippen LogP contribution in [0.1, 0.15) is 24.2 Å². The number of benzene rings is 1. The summed E-state index contributed by atoms with van der Waals surface area (Å²) in [4.78, 5) is 26.3. The van der Waals surface area contributed by atoms with E-state index in [9.17, 15) is 9.59 Å². The average molecular weight is 404 g/mol. The van der Waals surface area contributed by atoms with Crippen molar-refractivity contribution in [1.82, 2.24) is 10.3 Å². The van der Waals surface area contributed by atoms with E-state index in [0.29, 0.717) is 5.56 Å². The molecule has 2 aromatic rings. The highest BCUT2D eigenvalue weighted by Gasteiger charge is 2.30. The molecule has 0 unspecified atom stereocenters. The summed E-state index contributed by atoms with van der Waals surface area (Å²) in [7, 11) is 0. The number of rotatable bonds is 3. The first kappa shape index (κ1) is 15.1. The van der Waals surface area contributed by atoms with Crippen LogP contribution in [-0.2, 0) is 4.79 Å². The first-order valence-electron chi connectivity index (χ1n) is 5.74. The molecule has 0 aliphatic heterocycles. The monoisotopic (exact) mass is 402 g/mol. The normalized spacial score (nSPS) is 11.6. The molecule has 0 aliphatic rings. The number of hydrogen-bond acceptors (Lipinski definition) is 2. The number of carbonyl (C=O) groups is 2. The highest BCUT2D eigenvalue weighted by Crippen LogP contribution is 2.30. The maximum atomic E-state index is 12.2. The van der Waals surface area contributed by atoms with Gasteiger partial charge < -0.3 is 15.4 Å². The molecule has 1 aromatic heterocycles. The van der Waals surface area contributed by atoms with Crippen molar-refractivity contribution >= 4 is 54.6 Å². The van der Waals surface area contributed by atoms with Gasteiger partial charge in [-0.1, -0.05) is 0 Å². The second-order valence-corrected chi connectivity index (χ2v) is 6.61. The van der Waals surface area contributed by atoms with Gasteiger partial charge in [0, 0.05) is 26.0 Å². The highest BCUT2D eigenvalue weighted by atomic mass is 79.9. The van der Waals surface area contributed by atoms with Gasteiger partial charge in [0.25, 0.3) is 5.91 Å². The van der Waals surface area contributed by atoms with Gasteiger partial charge in [0.05, 0.1) is 5.56 Å². The van der Waals surface area contributed by atoms with Crippen LogP contribution < -0.4 is 5.32 Å². The van der Waals surface area contributed by atoms with E-state index >= 15 is 0 Å². The van der Waals surface area contributed by atoms with Gasteiger partial charge in [-0.25, -0.2) is 4.79 Å². The van der Waals surface area contributed by atoms with Crippen LogP contribution in [0.3, 0.4) is 0 Å². The number of carbonyl (C=O) groups excluding carboxylic acids is 1. The third-order valence-corrected chi connectivity index (χ3v) is 4.77. The molecule has 0 saturated carbocycles. The number of halogens is 2. The predicted octanol–water partition coefficient (Wildman–Crippen LogP) is 3.29. The zero-order chi connectivity index (χ0) is 15.1. The molecule has 0 saturated heterocycles. The molecule has 0 bridgehead atoms. The third-order valence-electron chi connectivity index (χ3n) is 2.93. The standard InChI is InChI=1S/C13H12Br2N2O3/c1-13(2,12(19)20)17-11(18)7-5-16-10-4-9(15)8(14)3-6(7)10/h3-5,16H,1-2H3,(H,17,18)(H,19,20). The molecule has 2 rings (SSSR count). The molecule has 1 heterocycles. The van der Waals surface area contributed by atoms with Crippen molar-refractivity contribution in [1.29, 1.82) is 0 Å². The Morgan fingerprint density at radius 2 is 1.85 bits per heavy atom. The van der Waals surface area contributed by atoms with Crippen molar-refractivity contribution in [3.05, 3.63) is 32.8 Å². The molecular formula is C13H12Br2N2O3. The molecule has 0 radical (unpaired) electrons. The summed E-state index contributed by atoms with van der Waals surface area (Å²) in [5.74, 6) is -1.52. The lowest BCUT2D eigenvalue weighted by atomic mass is 10.0. The average Bonchev–Trinajstić information content (AvgIpc) is 2.72. The molecule has 20 heavy (non-hydrogen) atoms. The summed E-state index contributed by atoms with van der Waals surface area (Å²) in [6, 6.07) is 3.65. The Morgan fingerprint density at radius 3 is 2.45 bits per heavy atom. The Balaban J connectivity index is 2.41. The topological polar surface area (TPSA) is 82.2 Å². The van der Waals surface area contributed by atoms with E-state index in [0.717, 1.165) is 19.8 Å². The van der Waals surface area contributed by atoms with Crippen LogP contribution in [0, 0.1) is 0 Å². The Hall–Kier alpha value is -1.34. The summed E-state index contributed by atoms with van der Waals surface area (Å²) in [5.41, 5.74) is -0.131. The van der Waals surface area contributed by atoms with Crippen molar-refractivity contribution < 1.29 is 14.7 Å². The van der Waals surface area contributed by atoms with Crippen LogP contribution in [0.25, 0.3) is 10.9 Å². The molecule has 0 aliphatic carbocycles. The van der Waals surface area contributed by atoms with E-state index in [2.05, 4.69) is 42.2 Å². The van der Waals surface area contributed by atoms with Gasteiger partial charge in [0.15, 0.2) is 0 Å². The van der Waals surface area contributed by atoms with Crippen LogP contribution in [0.4, 0.5) is 0 Å². The van der Waals surface area contributed by atoms with E-state index in [-0.39, 0.29) is 0 Å².